The molecule has 2 aromatic rings. The number of aryl methyl sites for hydroxylation is 1. The lowest BCUT2D eigenvalue weighted by Gasteiger charge is -2.12. The topological polar surface area (TPSA) is 48.1 Å². The predicted octanol–water partition coefficient (Wildman–Crippen LogP) is 3.05. The molecule has 17 heavy (non-hydrogen) atoms. The highest BCUT2D eigenvalue weighted by molar-refractivity contribution is 7.09. The molecule has 4 heteroatoms. The summed E-state index contributed by atoms with van der Waals surface area (Å²) >= 11 is 1.62. The molecule has 1 aromatic heterocycles. The fourth-order valence-corrected chi connectivity index (χ4v) is 2.28. The van der Waals surface area contributed by atoms with Gasteiger partial charge in [-0.2, -0.15) is 0 Å². The molecule has 1 aromatic carbocycles. The molecule has 0 fully saturated rings. The highest BCUT2D eigenvalue weighted by Crippen LogP contribution is 2.24. The average Bonchev–Trinajstić information content (AvgIpc) is 2.73. The quantitative estimate of drug-likeness (QED) is 0.904. The van der Waals surface area contributed by atoms with Crippen molar-refractivity contribution in [2.75, 3.05) is 0 Å². The Morgan fingerprint density at radius 3 is 2.82 bits per heavy atom. The van der Waals surface area contributed by atoms with Gasteiger partial charge >= 0.3 is 0 Å². The molecule has 2 rings (SSSR count). The van der Waals surface area contributed by atoms with Gasteiger partial charge in [-0.3, -0.25) is 0 Å². The Balaban J connectivity index is 2.08. The number of rotatable bonds is 4. The van der Waals surface area contributed by atoms with Crippen molar-refractivity contribution in [2.45, 2.75) is 26.5 Å². The van der Waals surface area contributed by atoms with E-state index in [0.29, 0.717) is 6.61 Å². The van der Waals surface area contributed by atoms with Crippen molar-refractivity contribution in [1.29, 1.82) is 0 Å². The molecule has 0 aliphatic carbocycles. The molecule has 3 nitrogen and oxygen atoms in total. The molecule has 0 saturated carbocycles. The second-order valence-electron chi connectivity index (χ2n) is 4.00. The summed E-state index contributed by atoms with van der Waals surface area (Å²) in [5, 5.41) is 3.01. The van der Waals surface area contributed by atoms with E-state index in [1.54, 1.807) is 11.3 Å². The van der Waals surface area contributed by atoms with E-state index in [-0.39, 0.29) is 6.04 Å². The highest BCUT2D eigenvalue weighted by Gasteiger charge is 2.08. The van der Waals surface area contributed by atoms with Crippen molar-refractivity contribution in [2.24, 2.45) is 5.73 Å². The monoisotopic (exact) mass is 248 g/mol. The highest BCUT2D eigenvalue weighted by atomic mass is 32.1. The Morgan fingerprint density at radius 1 is 1.41 bits per heavy atom. The SMILES string of the molecule is Cc1csc(COc2ccccc2[C@H](C)N)n1. The molecule has 0 unspecified atom stereocenters. The lowest BCUT2D eigenvalue weighted by Crippen LogP contribution is -2.07. The van der Waals surface area contributed by atoms with Crippen molar-refractivity contribution in [1.82, 2.24) is 4.98 Å². The molecule has 0 amide bonds. The van der Waals surface area contributed by atoms with Gasteiger partial charge < -0.3 is 10.5 Å². The van der Waals surface area contributed by atoms with Gasteiger partial charge in [-0.15, -0.1) is 11.3 Å². The largest absolute Gasteiger partial charge is 0.486 e. The maximum Gasteiger partial charge on any atom is 0.140 e. The Kier molecular flexibility index (Phi) is 3.76. The minimum atomic E-state index is -0.0239. The third-order valence-corrected chi connectivity index (χ3v) is 3.37. The van der Waals surface area contributed by atoms with Crippen LogP contribution in [-0.2, 0) is 6.61 Å². The first-order valence-electron chi connectivity index (χ1n) is 5.55. The zero-order valence-electron chi connectivity index (χ0n) is 10.0. The number of thiazole rings is 1. The number of hydrogen-bond acceptors (Lipinski definition) is 4. The van der Waals surface area contributed by atoms with Crippen LogP contribution < -0.4 is 10.5 Å². The van der Waals surface area contributed by atoms with Gasteiger partial charge in [0.25, 0.3) is 0 Å². The van der Waals surface area contributed by atoms with Crippen LogP contribution in [-0.4, -0.2) is 4.98 Å². The Labute approximate surface area is 105 Å². The summed E-state index contributed by atoms with van der Waals surface area (Å²) in [5.41, 5.74) is 7.96. The van der Waals surface area contributed by atoms with E-state index in [1.807, 2.05) is 43.5 Å². The Hall–Kier alpha value is -1.39. The van der Waals surface area contributed by atoms with E-state index in [0.717, 1.165) is 22.0 Å². The molecule has 0 radical (unpaired) electrons. The van der Waals surface area contributed by atoms with Crippen LogP contribution in [0.2, 0.25) is 0 Å². The summed E-state index contributed by atoms with van der Waals surface area (Å²) < 4.78 is 5.77. The Morgan fingerprint density at radius 2 is 2.18 bits per heavy atom. The predicted molar refractivity (Wildman–Crippen MR) is 70.2 cm³/mol. The van der Waals surface area contributed by atoms with Crippen LogP contribution in [0.4, 0.5) is 0 Å². The van der Waals surface area contributed by atoms with Gasteiger partial charge in [-0.25, -0.2) is 4.98 Å². The van der Waals surface area contributed by atoms with Crippen LogP contribution in [0, 0.1) is 6.92 Å². The molecule has 0 bridgehead atoms. The van der Waals surface area contributed by atoms with Crippen LogP contribution in [0.25, 0.3) is 0 Å². The van der Waals surface area contributed by atoms with Gasteiger partial charge in [-0.1, -0.05) is 18.2 Å². The van der Waals surface area contributed by atoms with Crippen LogP contribution >= 0.6 is 11.3 Å². The molecular weight excluding hydrogens is 232 g/mol. The molecule has 0 spiro atoms. The fraction of sp³-hybridized carbons (Fsp3) is 0.308. The molecular formula is C13H16N2OS. The van der Waals surface area contributed by atoms with E-state index in [9.17, 15) is 0 Å². The second kappa shape index (κ2) is 5.29. The van der Waals surface area contributed by atoms with Crippen molar-refractivity contribution in [3.8, 4) is 5.75 Å². The van der Waals surface area contributed by atoms with Gasteiger partial charge in [0.2, 0.25) is 0 Å². The number of nitrogens with zero attached hydrogens (tertiary/aromatic N) is 1. The van der Waals surface area contributed by atoms with Crippen LogP contribution in [0.3, 0.4) is 0 Å². The molecule has 1 heterocycles. The van der Waals surface area contributed by atoms with Gasteiger partial charge in [0, 0.05) is 22.7 Å². The molecule has 90 valence electrons. The molecule has 0 aliphatic heterocycles. The maximum atomic E-state index is 5.89. The van der Waals surface area contributed by atoms with Crippen LogP contribution in [0.5, 0.6) is 5.75 Å². The first-order valence-corrected chi connectivity index (χ1v) is 6.43. The number of nitrogens with two attached hydrogens (primary N) is 1. The van der Waals surface area contributed by atoms with Crippen molar-refractivity contribution < 1.29 is 4.74 Å². The van der Waals surface area contributed by atoms with Crippen molar-refractivity contribution in [3.05, 3.63) is 45.9 Å². The minimum Gasteiger partial charge on any atom is -0.486 e. The van der Waals surface area contributed by atoms with E-state index in [2.05, 4.69) is 4.98 Å². The third-order valence-electron chi connectivity index (χ3n) is 2.43. The smallest absolute Gasteiger partial charge is 0.140 e. The standard InChI is InChI=1S/C13H16N2OS/c1-9-8-17-13(15-9)7-16-12-6-4-3-5-11(12)10(2)14/h3-6,8,10H,7,14H2,1-2H3/t10-/m0/s1. The van der Waals surface area contributed by atoms with Gasteiger partial charge in [-0.05, 0) is 19.9 Å². The minimum absolute atomic E-state index is 0.0239. The van der Waals surface area contributed by atoms with Crippen molar-refractivity contribution in [3.63, 3.8) is 0 Å². The summed E-state index contributed by atoms with van der Waals surface area (Å²) in [7, 11) is 0. The van der Waals surface area contributed by atoms with E-state index in [1.165, 1.54) is 0 Å². The van der Waals surface area contributed by atoms with Gasteiger partial charge in [0.05, 0.1) is 0 Å². The van der Waals surface area contributed by atoms with Crippen molar-refractivity contribution >= 4 is 11.3 Å². The molecule has 1 atom stereocenters. The number of benzene rings is 1. The number of hydrogen-bond donors (Lipinski definition) is 1. The average molecular weight is 248 g/mol. The van der Waals surface area contributed by atoms with Gasteiger partial charge in [0.15, 0.2) is 0 Å². The van der Waals surface area contributed by atoms with Crippen LogP contribution in [0.15, 0.2) is 29.6 Å². The normalized spacial score (nSPS) is 12.4. The van der Waals surface area contributed by atoms with E-state index < -0.39 is 0 Å². The summed E-state index contributed by atoms with van der Waals surface area (Å²) in [5.74, 6) is 0.843. The first kappa shape index (κ1) is 12.1. The lowest BCUT2D eigenvalue weighted by atomic mass is 10.1. The zero-order valence-corrected chi connectivity index (χ0v) is 10.8. The van der Waals surface area contributed by atoms with E-state index in [4.69, 9.17) is 10.5 Å². The summed E-state index contributed by atoms with van der Waals surface area (Å²) in [6.07, 6.45) is 0. The summed E-state index contributed by atoms with van der Waals surface area (Å²) in [6.45, 7) is 4.44. The van der Waals surface area contributed by atoms with Crippen LogP contribution in [0.1, 0.15) is 29.2 Å². The number of para-hydroxylation sites is 1. The second-order valence-corrected chi connectivity index (χ2v) is 4.94. The zero-order chi connectivity index (χ0) is 12.3. The molecule has 0 saturated heterocycles. The lowest BCUT2D eigenvalue weighted by molar-refractivity contribution is 0.300. The molecule has 2 N–H and O–H groups in total. The summed E-state index contributed by atoms with van der Waals surface area (Å²) in [6, 6.07) is 7.84. The number of aromatic nitrogens is 1. The Bertz CT molecular complexity index is 494. The third kappa shape index (κ3) is 3.05. The van der Waals surface area contributed by atoms with E-state index >= 15 is 0 Å². The summed E-state index contributed by atoms with van der Waals surface area (Å²) in [4.78, 5) is 4.36. The number of ether oxygens (including phenoxy) is 1. The van der Waals surface area contributed by atoms with Gasteiger partial charge in [0.1, 0.15) is 17.4 Å². The maximum absolute atomic E-state index is 5.89. The first-order chi connectivity index (χ1) is 8.16. The fourth-order valence-electron chi connectivity index (χ4n) is 1.60. The molecule has 0 aliphatic rings.